The third-order valence-electron chi connectivity index (χ3n) is 2.81. The Bertz CT molecular complexity index is 461. The molecule has 1 aromatic rings. The molecule has 112 valence electrons. The number of carbonyl (C=O) groups is 1. The van der Waals surface area contributed by atoms with Crippen LogP contribution < -0.4 is 16.6 Å². The molecule has 4 N–H and O–H groups in total. The topological polar surface area (TPSA) is 67.2 Å². The van der Waals surface area contributed by atoms with Crippen LogP contribution in [0.25, 0.3) is 0 Å². The van der Waals surface area contributed by atoms with Crippen molar-refractivity contribution in [3.63, 3.8) is 0 Å². The van der Waals surface area contributed by atoms with Gasteiger partial charge in [-0.3, -0.25) is 10.6 Å². The van der Waals surface area contributed by atoms with Crippen molar-refractivity contribution >= 4 is 11.6 Å². The van der Waals surface area contributed by atoms with Crippen LogP contribution in [-0.4, -0.2) is 12.5 Å². The van der Waals surface area contributed by atoms with Gasteiger partial charge in [-0.15, -0.1) is 0 Å². The first-order chi connectivity index (χ1) is 9.40. The third-order valence-corrected chi connectivity index (χ3v) is 2.81. The van der Waals surface area contributed by atoms with E-state index in [9.17, 15) is 18.0 Å². The van der Waals surface area contributed by atoms with Crippen LogP contribution in [0.3, 0.4) is 0 Å². The molecular weight excluding hydrogens is 271 g/mol. The molecule has 0 heterocycles. The number of unbranched alkanes of at least 4 members (excludes halogenated alkanes) is 2. The summed E-state index contributed by atoms with van der Waals surface area (Å²) in [6.07, 6.45) is -1.77. The zero-order valence-corrected chi connectivity index (χ0v) is 11.2. The average Bonchev–Trinajstić information content (AvgIpc) is 2.41. The first-order valence-corrected chi connectivity index (χ1v) is 6.36. The molecule has 0 atom stereocenters. The number of benzene rings is 1. The Morgan fingerprint density at radius 2 is 2.00 bits per heavy atom. The summed E-state index contributed by atoms with van der Waals surface area (Å²) >= 11 is 0. The number of anilines is 1. The van der Waals surface area contributed by atoms with Gasteiger partial charge in [0.15, 0.2) is 0 Å². The van der Waals surface area contributed by atoms with Crippen molar-refractivity contribution in [3.05, 3.63) is 29.3 Å². The van der Waals surface area contributed by atoms with Crippen molar-refractivity contribution < 1.29 is 18.0 Å². The van der Waals surface area contributed by atoms with Crippen molar-refractivity contribution in [2.45, 2.75) is 32.4 Å². The second-order valence-corrected chi connectivity index (χ2v) is 4.37. The van der Waals surface area contributed by atoms with Gasteiger partial charge >= 0.3 is 6.18 Å². The second kappa shape index (κ2) is 7.14. The first kappa shape index (κ1) is 16.3. The number of carbonyl (C=O) groups excluding carboxylic acids is 1. The number of nitrogens with one attached hydrogen (secondary N) is 2. The summed E-state index contributed by atoms with van der Waals surface area (Å²) in [5.41, 5.74) is 1.40. The van der Waals surface area contributed by atoms with Gasteiger partial charge < -0.3 is 10.7 Å². The minimum absolute atomic E-state index is 0.112. The summed E-state index contributed by atoms with van der Waals surface area (Å²) in [4.78, 5) is 11.9. The summed E-state index contributed by atoms with van der Waals surface area (Å²) in [7, 11) is 0. The second-order valence-electron chi connectivity index (χ2n) is 4.37. The van der Waals surface area contributed by atoms with Crippen LogP contribution in [0.5, 0.6) is 0 Å². The molecule has 20 heavy (non-hydrogen) atoms. The normalized spacial score (nSPS) is 11.2. The van der Waals surface area contributed by atoms with E-state index in [0.717, 1.165) is 37.5 Å². The van der Waals surface area contributed by atoms with Crippen LogP contribution in [-0.2, 0) is 6.18 Å². The summed E-state index contributed by atoms with van der Waals surface area (Å²) in [5, 5.41) is 2.59. The zero-order chi connectivity index (χ0) is 15.2. The Hall–Kier alpha value is -1.76. The molecule has 0 aliphatic rings. The number of rotatable bonds is 6. The quantitative estimate of drug-likeness (QED) is 0.428. The monoisotopic (exact) mass is 289 g/mol. The number of halogens is 3. The van der Waals surface area contributed by atoms with Gasteiger partial charge in [-0.2, -0.15) is 13.2 Å². The van der Waals surface area contributed by atoms with Gasteiger partial charge in [0.25, 0.3) is 5.91 Å². The fourth-order valence-electron chi connectivity index (χ4n) is 1.71. The van der Waals surface area contributed by atoms with Crippen molar-refractivity contribution in [2.24, 2.45) is 5.84 Å². The molecule has 0 bridgehead atoms. The summed E-state index contributed by atoms with van der Waals surface area (Å²) < 4.78 is 37.9. The molecule has 1 aromatic carbocycles. The van der Waals surface area contributed by atoms with E-state index in [-0.39, 0.29) is 11.3 Å². The minimum atomic E-state index is -4.50. The highest BCUT2D eigenvalue weighted by molar-refractivity contribution is 5.99. The lowest BCUT2D eigenvalue weighted by atomic mass is 10.1. The molecule has 1 rings (SSSR count). The molecule has 0 aliphatic heterocycles. The predicted octanol–water partition coefficient (Wildman–Crippen LogP) is 2.91. The molecular formula is C13H18F3N3O. The Balaban J connectivity index is 2.88. The van der Waals surface area contributed by atoms with Crippen LogP contribution >= 0.6 is 0 Å². The molecule has 0 saturated carbocycles. The number of amides is 1. The number of hydrogen-bond acceptors (Lipinski definition) is 3. The molecule has 0 fully saturated rings. The molecule has 0 unspecified atom stereocenters. The van der Waals surface area contributed by atoms with Crippen LogP contribution in [0, 0.1) is 0 Å². The fraction of sp³-hybridized carbons (Fsp3) is 0.462. The van der Waals surface area contributed by atoms with Gasteiger partial charge in [-0.05, 0) is 24.6 Å². The van der Waals surface area contributed by atoms with Crippen LogP contribution in [0.4, 0.5) is 18.9 Å². The highest BCUT2D eigenvalue weighted by atomic mass is 19.4. The van der Waals surface area contributed by atoms with Gasteiger partial charge in [-0.25, -0.2) is 0 Å². The van der Waals surface area contributed by atoms with Gasteiger partial charge in [0.05, 0.1) is 16.8 Å². The van der Waals surface area contributed by atoms with E-state index < -0.39 is 17.6 Å². The van der Waals surface area contributed by atoms with Crippen molar-refractivity contribution in [3.8, 4) is 0 Å². The lowest BCUT2D eigenvalue weighted by Crippen LogP contribution is -2.26. The highest BCUT2D eigenvalue weighted by Gasteiger charge is 2.31. The molecule has 0 saturated heterocycles. The molecule has 0 radical (unpaired) electrons. The van der Waals surface area contributed by atoms with Gasteiger partial charge in [0, 0.05) is 6.54 Å². The van der Waals surface area contributed by atoms with Crippen LogP contribution in [0.1, 0.15) is 42.1 Å². The van der Waals surface area contributed by atoms with E-state index >= 15 is 0 Å². The van der Waals surface area contributed by atoms with E-state index in [1.54, 1.807) is 0 Å². The lowest BCUT2D eigenvalue weighted by molar-refractivity contribution is -0.137. The van der Waals surface area contributed by atoms with Crippen molar-refractivity contribution in [1.29, 1.82) is 0 Å². The summed E-state index contributed by atoms with van der Waals surface area (Å²) in [6.45, 7) is 2.44. The maximum Gasteiger partial charge on any atom is 0.416 e. The third kappa shape index (κ3) is 4.41. The Morgan fingerprint density at radius 1 is 1.30 bits per heavy atom. The maximum absolute atomic E-state index is 12.6. The fourth-order valence-corrected chi connectivity index (χ4v) is 1.71. The molecule has 0 spiro atoms. The van der Waals surface area contributed by atoms with E-state index in [4.69, 9.17) is 5.84 Å². The molecule has 0 aliphatic carbocycles. The largest absolute Gasteiger partial charge is 0.416 e. The highest BCUT2D eigenvalue weighted by Crippen LogP contribution is 2.31. The number of nitrogen functional groups attached to an aromatic ring is 1. The maximum atomic E-state index is 12.6. The van der Waals surface area contributed by atoms with Crippen LogP contribution in [0.2, 0.25) is 0 Å². The average molecular weight is 289 g/mol. The number of alkyl halides is 3. The molecule has 7 heteroatoms. The number of hydrazine groups is 1. The van der Waals surface area contributed by atoms with Crippen molar-refractivity contribution in [2.75, 3.05) is 12.0 Å². The smallest absolute Gasteiger partial charge is 0.352 e. The Morgan fingerprint density at radius 3 is 2.55 bits per heavy atom. The van der Waals surface area contributed by atoms with Crippen LogP contribution in [0.15, 0.2) is 18.2 Å². The summed E-state index contributed by atoms with van der Waals surface area (Å²) in [5.74, 6) is 4.64. The standard InChI is InChI=1S/C13H18F3N3O/c1-2-3-4-7-18-12(20)10-8-9(13(14,15)16)5-6-11(10)19-17/h5-6,8,19H,2-4,7,17H2,1H3,(H,18,20). The predicted molar refractivity (Wildman–Crippen MR) is 71.1 cm³/mol. The number of nitrogens with two attached hydrogens (primary N) is 1. The van der Waals surface area contributed by atoms with E-state index in [1.165, 1.54) is 0 Å². The Labute approximate surface area is 115 Å². The SMILES string of the molecule is CCCCCNC(=O)c1cc(C(F)(F)F)ccc1NN. The zero-order valence-electron chi connectivity index (χ0n) is 11.2. The lowest BCUT2D eigenvalue weighted by Gasteiger charge is -2.13. The van der Waals surface area contributed by atoms with Gasteiger partial charge in [0.2, 0.25) is 0 Å². The number of hydrogen-bond donors (Lipinski definition) is 3. The molecule has 0 aromatic heterocycles. The minimum Gasteiger partial charge on any atom is -0.352 e. The molecule has 4 nitrogen and oxygen atoms in total. The van der Waals surface area contributed by atoms with Gasteiger partial charge in [0.1, 0.15) is 0 Å². The van der Waals surface area contributed by atoms with E-state index in [2.05, 4.69) is 10.7 Å². The molecule has 1 amide bonds. The first-order valence-electron chi connectivity index (χ1n) is 6.36. The van der Waals surface area contributed by atoms with Crippen molar-refractivity contribution in [1.82, 2.24) is 5.32 Å². The van der Waals surface area contributed by atoms with E-state index in [0.29, 0.717) is 6.54 Å². The van der Waals surface area contributed by atoms with Gasteiger partial charge in [-0.1, -0.05) is 19.8 Å². The Kier molecular flexibility index (Phi) is 5.82. The summed E-state index contributed by atoms with van der Waals surface area (Å²) in [6, 6.07) is 2.82. The van der Waals surface area contributed by atoms with E-state index in [1.807, 2.05) is 6.92 Å².